The maximum atomic E-state index is 11.4. The summed E-state index contributed by atoms with van der Waals surface area (Å²) in [6.45, 7) is 3.46. The molecule has 1 aliphatic rings. The quantitative estimate of drug-likeness (QED) is 0.734. The molecule has 1 aliphatic heterocycles. The smallest absolute Gasteiger partial charge is 0.205 e. The van der Waals surface area contributed by atoms with Crippen LogP contribution >= 0.6 is 0 Å². The summed E-state index contributed by atoms with van der Waals surface area (Å²) in [4.78, 5) is 0. The molecular weight excluding hydrogens is 188 g/mol. The zero-order valence-electron chi connectivity index (χ0n) is 8.28. The Morgan fingerprint density at radius 1 is 1.54 bits per heavy atom. The fraction of sp³-hybridized carbons (Fsp3) is 1.00. The van der Waals surface area contributed by atoms with E-state index in [1.807, 2.05) is 0 Å². The van der Waals surface area contributed by atoms with Gasteiger partial charge in [-0.25, -0.2) is 4.72 Å². The lowest BCUT2D eigenvalue weighted by Crippen LogP contribution is -2.44. The molecule has 0 amide bonds. The summed E-state index contributed by atoms with van der Waals surface area (Å²) < 4.78 is 26.8. The van der Waals surface area contributed by atoms with Crippen molar-refractivity contribution in [3.05, 3.63) is 0 Å². The normalized spacial score (nSPS) is 26.2. The second-order valence-electron chi connectivity index (χ2n) is 3.48. The van der Waals surface area contributed by atoms with Crippen molar-refractivity contribution in [2.24, 2.45) is 5.92 Å². The SMILES string of the molecule is CCC1CCCN(S(=O)(=O)NC)C1. The van der Waals surface area contributed by atoms with Gasteiger partial charge in [0, 0.05) is 20.1 Å². The fourth-order valence-electron chi connectivity index (χ4n) is 1.71. The third kappa shape index (κ3) is 2.65. The molecule has 1 unspecified atom stereocenters. The highest BCUT2D eigenvalue weighted by molar-refractivity contribution is 7.87. The zero-order chi connectivity index (χ0) is 9.90. The minimum Gasteiger partial charge on any atom is -0.205 e. The topological polar surface area (TPSA) is 49.4 Å². The van der Waals surface area contributed by atoms with Gasteiger partial charge in [-0.15, -0.1) is 0 Å². The summed E-state index contributed by atoms with van der Waals surface area (Å²) in [7, 11) is -1.72. The minimum absolute atomic E-state index is 0.539. The Labute approximate surface area is 80.5 Å². The Kier molecular flexibility index (Phi) is 3.70. The van der Waals surface area contributed by atoms with Crippen molar-refractivity contribution in [2.45, 2.75) is 26.2 Å². The van der Waals surface area contributed by atoms with Crippen LogP contribution in [0, 0.1) is 5.92 Å². The van der Waals surface area contributed by atoms with E-state index in [4.69, 9.17) is 0 Å². The van der Waals surface area contributed by atoms with E-state index in [1.54, 1.807) is 4.31 Å². The number of nitrogens with one attached hydrogen (secondary N) is 1. The van der Waals surface area contributed by atoms with Crippen LogP contribution in [0.2, 0.25) is 0 Å². The Balaban J connectivity index is 2.61. The van der Waals surface area contributed by atoms with Gasteiger partial charge in [-0.05, 0) is 18.8 Å². The summed E-state index contributed by atoms with van der Waals surface area (Å²) >= 11 is 0. The Hall–Kier alpha value is -0.130. The molecule has 0 bridgehead atoms. The summed E-state index contributed by atoms with van der Waals surface area (Å²) in [6, 6.07) is 0. The summed E-state index contributed by atoms with van der Waals surface area (Å²) in [5.41, 5.74) is 0. The van der Waals surface area contributed by atoms with Gasteiger partial charge in [0.2, 0.25) is 0 Å². The lowest BCUT2D eigenvalue weighted by Gasteiger charge is -2.30. The summed E-state index contributed by atoms with van der Waals surface area (Å²) in [5, 5.41) is 0. The first-order valence-corrected chi connectivity index (χ1v) is 6.22. The van der Waals surface area contributed by atoms with Crippen LogP contribution in [0.15, 0.2) is 0 Å². The second kappa shape index (κ2) is 4.39. The van der Waals surface area contributed by atoms with Crippen molar-refractivity contribution >= 4 is 10.2 Å². The van der Waals surface area contributed by atoms with E-state index in [0.717, 1.165) is 19.3 Å². The zero-order valence-corrected chi connectivity index (χ0v) is 9.10. The molecule has 0 aromatic heterocycles. The highest BCUT2D eigenvalue weighted by Gasteiger charge is 2.26. The molecule has 0 radical (unpaired) electrons. The molecule has 0 aromatic carbocycles. The van der Waals surface area contributed by atoms with Gasteiger partial charge < -0.3 is 0 Å². The van der Waals surface area contributed by atoms with Crippen molar-refractivity contribution in [1.29, 1.82) is 0 Å². The molecular formula is C8H18N2O2S. The van der Waals surface area contributed by atoms with Crippen molar-refractivity contribution < 1.29 is 8.42 Å². The molecule has 0 saturated carbocycles. The first-order chi connectivity index (χ1) is 6.10. The Bertz CT molecular complexity index is 251. The molecule has 78 valence electrons. The average molecular weight is 206 g/mol. The monoisotopic (exact) mass is 206 g/mol. The molecule has 1 rings (SSSR count). The van der Waals surface area contributed by atoms with Crippen LogP contribution in [0.4, 0.5) is 0 Å². The van der Waals surface area contributed by atoms with Crippen LogP contribution in [-0.2, 0) is 10.2 Å². The Morgan fingerprint density at radius 3 is 2.77 bits per heavy atom. The van der Waals surface area contributed by atoms with Crippen LogP contribution in [0.1, 0.15) is 26.2 Å². The van der Waals surface area contributed by atoms with Gasteiger partial charge in [0.1, 0.15) is 0 Å². The molecule has 1 heterocycles. The van der Waals surface area contributed by atoms with E-state index in [9.17, 15) is 8.42 Å². The fourth-order valence-corrected chi connectivity index (χ4v) is 2.74. The van der Waals surface area contributed by atoms with E-state index in [-0.39, 0.29) is 0 Å². The van der Waals surface area contributed by atoms with Gasteiger partial charge in [-0.1, -0.05) is 13.3 Å². The van der Waals surface area contributed by atoms with E-state index < -0.39 is 10.2 Å². The summed E-state index contributed by atoms with van der Waals surface area (Å²) in [6.07, 6.45) is 3.21. The van der Waals surface area contributed by atoms with Crippen LogP contribution < -0.4 is 4.72 Å². The van der Waals surface area contributed by atoms with Gasteiger partial charge in [0.05, 0.1) is 0 Å². The predicted molar refractivity (Wildman–Crippen MR) is 52.6 cm³/mol. The molecule has 1 saturated heterocycles. The van der Waals surface area contributed by atoms with Crippen LogP contribution in [0.3, 0.4) is 0 Å². The van der Waals surface area contributed by atoms with E-state index >= 15 is 0 Å². The predicted octanol–water partition coefficient (Wildman–Crippen LogP) is 0.573. The number of hydrogen-bond donors (Lipinski definition) is 1. The lowest BCUT2D eigenvalue weighted by atomic mass is 9.97. The van der Waals surface area contributed by atoms with Crippen molar-refractivity contribution in [3.63, 3.8) is 0 Å². The van der Waals surface area contributed by atoms with Crippen molar-refractivity contribution in [3.8, 4) is 0 Å². The summed E-state index contributed by atoms with van der Waals surface area (Å²) in [5.74, 6) is 0.539. The number of nitrogens with zero attached hydrogens (tertiary/aromatic N) is 1. The molecule has 1 atom stereocenters. The largest absolute Gasteiger partial charge is 0.279 e. The standard InChI is InChI=1S/C8H18N2O2S/c1-3-8-5-4-6-10(7-8)13(11,12)9-2/h8-9H,3-7H2,1-2H3. The van der Waals surface area contributed by atoms with Gasteiger partial charge in [0.25, 0.3) is 10.2 Å². The lowest BCUT2D eigenvalue weighted by molar-refractivity contribution is 0.259. The maximum Gasteiger partial charge on any atom is 0.279 e. The second-order valence-corrected chi connectivity index (χ2v) is 5.36. The van der Waals surface area contributed by atoms with Crippen LogP contribution in [0.5, 0.6) is 0 Å². The van der Waals surface area contributed by atoms with E-state index in [2.05, 4.69) is 11.6 Å². The van der Waals surface area contributed by atoms with E-state index in [0.29, 0.717) is 19.0 Å². The minimum atomic E-state index is -3.18. The number of piperidine rings is 1. The van der Waals surface area contributed by atoms with Gasteiger partial charge in [0.15, 0.2) is 0 Å². The van der Waals surface area contributed by atoms with Gasteiger partial charge in [-0.2, -0.15) is 12.7 Å². The Morgan fingerprint density at radius 2 is 2.23 bits per heavy atom. The third-order valence-corrected chi connectivity index (χ3v) is 4.18. The first kappa shape index (κ1) is 10.9. The molecule has 0 aliphatic carbocycles. The molecule has 5 heteroatoms. The molecule has 0 spiro atoms. The molecule has 1 fully saturated rings. The number of rotatable bonds is 3. The van der Waals surface area contributed by atoms with E-state index in [1.165, 1.54) is 7.05 Å². The highest BCUT2D eigenvalue weighted by Crippen LogP contribution is 2.20. The highest BCUT2D eigenvalue weighted by atomic mass is 32.2. The van der Waals surface area contributed by atoms with Crippen molar-refractivity contribution in [2.75, 3.05) is 20.1 Å². The molecule has 0 aromatic rings. The average Bonchev–Trinajstić information content (AvgIpc) is 2.18. The first-order valence-electron chi connectivity index (χ1n) is 4.78. The van der Waals surface area contributed by atoms with Gasteiger partial charge in [-0.3, -0.25) is 0 Å². The van der Waals surface area contributed by atoms with Crippen LogP contribution in [-0.4, -0.2) is 32.9 Å². The molecule has 4 nitrogen and oxygen atoms in total. The third-order valence-electron chi connectivity index (χ3n) is 2.66. The van der Waals surface area contributed by atoms with Crippen molar-refractivity contribution in [1.82, 2.24) is 9.03 Å². The molecule has 1 N–H and O–H groups in total. The van der Waals surface area contributed by atoms with Gasteiger partial charge >= 0.3 is 0 Å². The molecule has 13 heavy (non-hydrogen) atoms. The van der Waals surface area contributed by atoms with Crippen LogP contribution in [0.25, 0.3) is 0 Å². The maximum absolute atomic E-state index is 11.4. The number of hydrogen-bond acceptors (Lipinski definition) is 2.